The van der Waals surface area contributed by atoms with Crippen molar-refractivity contribution in [3.05, 3.63) is 53.3 Å². The van der Waals surface area contributed by atoms with E-state index < -0.39 is 5.97 Å². The number of carbonyl (C=O) groups is 2. The lowest BCUT2D eigenvalue weighted by Crippen LogP contribution is -2.26. The molecule has 2 aromatic rings. The summed E-state index contributed by atoms with van der Waals surface area (Å²) in [6.45, 7) is 3.83. The number of ether oxygens (including phenoxy) is 1. The van der Waals surface area contributed by atoms with E-state index in [2.05, 4.69) is 5.43 Å². The Morgan fingerprint density at radius 3 is 2.57 bits per heavy atom. The maximum absolute atomic E-state index is 12.1. The van der Waals surface area contributed by atoms with Gasteiger partial charge in [0.05, 0.1) is 6.61 Å². The van der Waals surface area contributed by atoms with E-state index in [-0.39, 0.29) is 18.2 Å². The highest BCUT2D eigenvalue weighted by molar-refractivity contribution is 6.32. The zero-order chi connectivity index (χ0) is 15.4. The molecule has 106 valence electrons. The van der Waals surface area contributed by atoms with Crippen LogP contribution < -0.4 is 10.9 Å². The molecule has 2 radical (unpaired) electrons. The molecule has 0 bridgehead atoms. The van der Waals surface area contributed by atoms with Crippen LogP contribution in [0.3, 0.4) is 0 Å². The van der Waals surface area contributed by atoms with Gasteiger partial charge in [0.15, 0.2) is 0 Å². The van der Waals surface area contributed by atoms with Gasteiger partial charge in [0.25, 0.3) is 5.91 Å². The third-order valence-electron chi connectivity index (χ3n) is 2.84. The maximum atomic E-state index is 12.1. The summed E-state index contributed by atoms with van der Waals surface area (Å²) in [7, 11) is 5.58. The lowest BCUT2D eigenvalue weighted by molar-refractivity contribution is 0.0516. The SMILES string of the molecule is [B]c1ccc(C(=O)Nn2cc(C)cc2C(=O)OCC)cc1. The van der Waals surface area contributed by atoms with Crippen LogP contribution in [0.25, 0.3) is 0 Å². The molecule has 2 rings (SSSR count). The van der Waals surface area contributed by atoms with Crippen LogP contribution in [0.1, 0.15) is 33.3 Å². The van der Waals surface area contributed by atoms with Gasteiger partial charge in [-0.05, 0) is 37.6 Å². The van der Waals surface area contributed by atoms with Gasteiger partial charge in [-0.2, -0.15) is 0 Å². The first-order valence-corrected chi connectivity index (χ1v) is 6.54. The van der Waals surface area contributed by atoms with Crippen LogP contribution in [0.2, 0.25) is 0 Å². The molecule has 1 aromatic heterocycles. The summed E-state index contributed by atoms with van der Waals surface area (Å²) in [6.07, 6.45) is 1.65. The average Bonchev–Trinajstić information content (AvgIpc) is 2.80. The Bertz CT molecular complexity index is 662. The minimum Gasteiger partial charge on any atom is -0.461 e. The second-order valence-corrected chi connectivity index (χ2v) is 4.56. The molecule has 0 unspecified atom stereocenters. The van der Waals surface area contributed by atoms with Crippen LogP contribution in [0.5, 0.6) is 0 Å². The molecule has 0 spiro atoms. The minimum absolute atomic E-state index is 0.273. The van der Waals surface area contributed by atoms with Crippen molar-refractivity contribution in [2.24, 2.45) is 0 Å². The highest BCUT2D eigenvalue weighted by atomic mass is 16.5. The Morgan fingerprint density at radius 1 is 1.29 bits per heavy atom. The number of rotatable bonds is 4. The molecule has 6 heteroatoms. The molecule has 1 aromatic carbocycles. The predicted molar refractivity (Wildman–Crippen MR) is 80.6 cm³/mol. The standard InChI is InChI=1S/C15H15BN2O3/c1-3-21-15(20)13-8-10(2)9-18(13)17-14(19)11-4-6-12(16)7-5-11/h4-9H,3H2,1-2H3,(H,17,19). The highest BCUT2D eigenvalue weighted by Crippen LogP contribution is 2.09. The van der Waals surface area contributed by atoms with Gasteiger partial charge in [-0.1, -0.05) is 17.6 Å². The number of nitrogens with zero attached hydrogens (tertiary/aromatic N) is 1. The summed E-state index contributed by atoms with van der Waals surface area (Å²) in [5.74, 6) is -0.820. The molecule has 0 aliphatic rings. The molecule has 21 heavy (non-hydrogen) atoms. The Morgan fingerprint density at radius 2 is 1.95 bits per heavy atom. The smallest absolute Gasteiger partial charge is 0.356 e. The predicted octanol–water partition coefficient (Wildman–Crippen LogP) is 1.15. The third-order valence-corrected chi connectivity index (χ3v) is 2.84. The van der Waals surface area contributed by atoms with Crippen LogP contribution >= 0.6 is 0 Å². The Labute approximate surface area is 124 Å². The monoisotopic (exact) mass is 282 g/mol. The second-order valence-electron chi connectivity index (χ2n) is 4.56. The molecule has 1 N–H and O–H groups in total. The molecule has 0 saturated heterocycles. The van der Waals surface area contributed by atoms with Crippen LogP contribution in [0, 0.1) is 6.92 Å². The lowest BCUT2D eigenvalue weighted by atomic mass is 9.95. The molecule has 0 aliphatic heterocycles. The second kappa shape index (κ2) is 6.30. The Balaban J connectivity index is 2.21. The number of amides is 1. The fraction of sp³-hybridized carbons (Fsp3) is 0.200. The van der Waals surface area contributed by atoms with Gasteiger partial charge in [-0.3, -0.25) is 14.9 Å². The summed E-state index contributed by atoms with van der Waals surface area (Å²) in [4.78, 5) is 24.0. The number of esters is 1. The van der Waals surface area contributed by atoms with Gasteiger partial charge < -0.3 is 4.74 Å². The maximum Gasteiger partial charge on any atom is 0.356 e. The molecule has 0 atom stereocenters. The number of carbonyl (C=O) groups excluding carboxylic acids is 2. The van der Waals surface area contributed by atoms with Gasteiger partial charge in [0.2, 0.25) is 0 Å². The quantitative estimate of drug-likeness (QED) is 0.676. The zero-order valence-electron chi connectivity index (χ0n) is 11.9. The first kappa shape index (κ1) is 14.9. The molecular weight excluding hydrogens is 267 g/mol. The summed E-state index contributed by atoms with van der Waals surface area (Å²) < 4.78 is 6.32. The number of hydrogen-bond donors (Lipinski definition) is 1. The minimum atomic E-state index is -0.483. The highest BCUT2D eigenvalue weighted by Gasteiger charge is 2.15. The van der Waals surface area contributed by atoms with Crippen molar-refractivity contribution in [2.45, 2.75) is 13.8 Å². The average molecular weight is 282 g/mol. The molecule has 0 saturated carbocycles. The normalized spacial score (nSPS) is 10.2. The van der Waals surface area contributed by atoms with Crippen molar-refractivity contribution in [2.75, 3.05) is 12.0 Å². The van der Waals surface area contributed by atoms with Gasteiger partial charge in [0.1, 0.15) is 13.5 Å². The van der Waals surface area contributed by atoms with Crippen LogP contribution in [0.15, 0.2) is 36.5 Å². The van der Waals surface area contributed by atoms with Crippen molar-refractivity contribution in [1.82, 2.24) is 4.68 Å². The summed E-state index contributed by atoms with van der Waals surface area (Å²) >= 11 is 0. The number of nitrogens with one attached hydrogen (secondary N) is 1. The van der Waals surface area contributed by atoms with Gasteiger partial charge in [-0.25, -0.2) is 4.79 Å². The van der Waals surface area contributed by atoms with E-state index in [9.17, 15) is 9.59 Å². The van der Waals surface area contributed by atoms with Crippen molar-refractivity contribution in [3.63, 3.8) is 0 Å². The molecule has 5 nitrogen and oxygen atoms in total. The molecule has 1 amide bonds. The van der Waals surface area contributed by atoms with Crippen molar-refractivity contribution >= 4 is 25.2 Å². The first-order chi connectivity index (χ1) is 10.0. The first-order valence-electron chi connectivity index (χ1n) is 6.54. The molecule has 0 fully saturated rings. The number of benzene rings is 1. The lowest BCUT2D eigenvalue weighted by Gasteiger charge is -2.10. The third kappa shape index (κ3) is 3.53. The van der Waals surface area contributed by atoms with E-state index in [1.54, 1.807) is 43.5 Å². The fourth-order valence-electron chi connectivity index (χ4n) is 1.86. The summed E-state index contributed by atoms with van der Waals surface area (Å²) in [5.41, 5.74) is 4.79. The van der Waals surface area contributed by atoms with E-state index in [0.29, 0.717) is 11.0 Å². The van der Waals surface area contributed by atoms with Crippen LogP contribution in [-0.4, -0.2) is 31.0 Å². The Kier molecular flexibility index (Phi) is 4.47. The zero-order valence-corrected chi connectivity index (χ0v) is 11.9. The van der Waals surface area contributed by atoms with Gasteiger partial charge >= 0.3 is 5.97 Å². The topological polar surface area (TPSA) is 60.3 Å². The van der Waals surface area contributed by atoms with Crippen LogP contribution in [-0.2, 0) is 4.74 Å². The summed E-state index contributed by atoms with van der Waals surface area (Å²) in [5, 5.41) is 0. The van der Waals surface area contributed by atoms with E-state index in [4.69, 9.17) is 12.6 Å². The Hall–Kier alpha value is -2.50. The number of aromatic nitrogens is 1. The van der Waals surface area contributed by atoms with E-state index in [1.165, 1.54) is 4.68 Å². The van der Waals surface area contributed by atoms with Crippen molar-refractivity contribution < 1.29 is 14.3 Å². The van der Waals surface area contributed by atoms with Gasteiger partial charge in [-0.15, -0.1) is 0 Å². The fourth-order valence-corrected chi connectivity index (χ4v) is 1.86. The molecule has 1 heterocycles. The van der Waals surface area contributed by atoms with Crippen molar-refractivity contribution in [1.29, 1.82) is 0 Å². The number of aryl methyl sites for hydroxylation is 1. The van der Waals surface area contributed by atoms with E-state index in [0.717, 1.165) is 5.56 Å². The van der Waals surface area contributed by atoms with Crippen LogP contribution in [0.4, 0.5) is 0 Å². The van der Waals surface area contributed by atoms with E-state index >= 15 is 0 Å². The molecule has 0 aliphatic carbocycles. The van der Waals surface area contributed by atoms with Gasteiger partial charge in [0, 0.05) is 11.8 Å². The molecular formula is C15H15BN2O3. The van der Waals surface area contributed by atoms with Crippen molar-refractivity contribution in [3.8, 4) is 0 Å². The van der Waals surface area contributed by atoms with E-state index in [1.807, 2.05) is 6.92 Å². The largest absolute Gasteiger partial charge is 0.461 e. The summed E-state index contributed by atoms with van der Waals surface area (Å²) in [6, 6.07) is 8.17. The number of hydrogen-bond acceptors (Lipinski definition) is 3.